The third-order valence-corrected chi connectivity index (χ3v) is 3.08. The number of hydrogen-bond acceptors (Lipinski definition) is 2. The summed E-state index contributed by atoms with van der Waals surface area (Å²) in [5.74, 6) is 0.651. The van der Waals surface area contributed by atoms with Crippen LogP contribution in [0.15, 0.2) is 24.3 Å². The van der Waals surface area contributed by atoms with Gasteiger partial charge in [-0.15, -0.1) is 0 Å². The Balaban J connectivity index is 3.00. The Kier molecular flexibility index (Phi) is 5.60. The third-order valence-electron chi connectivity index (χ3n) is 3.08. The fourth-order valence-corrected chi connectivity index (χ4v) is 2.03. The molecule has 0 saturated heterocycles. The van der Waals surface area contributed by atoms with E-state index in [2.05, 4.69) is 0 Å². The molecule has 0 saturated carbocycles. The molecule has 2 atom stereocenters. The summed E-state index contributed by atoms with van der Waals surface area (Å²) in [7, 11) is 0. The summed E-state index contributed by atoms with van der Waals surface area (Å²) in [4.78, 5) is 0. The highest BCUT2D eigenvalue weighted by molar-refractivity contribution is 5.35. The molecule has 0 fully saturated rings. The van der Waals surface area contributed by atoms with E-state index in [1.807, 2.05) is 45.9 Å². The first-order chi connectivity index (χ1) is 8.47. The predicted molar refractivity (Wildman–Crippen MR) is 73.4 cm³/mol. The van der Waals surface area contributed by atoms with Crippen LogP contribution in [0.3, 0.4) is 0 Å². The highest BCUT2D eigenvalue weighted by Gasteiger charge is 2.27. The van der Waals surface area contributed by atoms with Crippen LogP contribution >= 0.6 is 0 Å². The van der Waals surface area contributed by atoms with Crippen LogP contribution in [0.5, 0.6) is 5.75 Å². The van der Waals surface area contributed by atoms with Gasteiger partial charge in [0.2, 0.25) is 0 Å². The second-order valence-electron chi connectivity index (χ2n) is 5.25. The average molecular weight is 253 g/mol. The van der Waals surface area contributed by atoms with Gasteiger partial charge >= 0.3 is 0 Å². The number of halogens is 1. The normalized spacial score (nSPS) is 14.9. The second kappa shape index (κ2) is 6.74. The largest absolute Gasteiger partial charge is 0.491 e. The zero-order valence-corrected chi connectivity index (χ0v) is 11.7. The molecule has 18 heavy (non-hydrogen) atoms. The smallest absolute Gasteiger partial charge is 0.133 e. The van der Waals surface area contributed by atoms with E-state index in [1.165, 1.54) is 0 Å². The lowest BCUT2D eigenvalue weighted by Crippen LogP contribution is -2.25. The van der Waals surface area contributed by atoms with Crippen molar-refractivity contribution in [3.63, 3.8) is 0 Å². The van der Waals surface area contributed by atoms with Gasteiger partial charge in [0.1, 0.15) is 11.9 Å². The molecule has 2 unspecified atom stereocenters. The van der Waals surface area contributed by atoms with Crippen LogP contribution in [0, 0.1) is 11.8 Å². The summed E-state index contributed by atoms with van der Waals surface area (Å²) in [6, 6.07) is 7.30. The Morgan fingerprint density at radius 2 is 1.78 bits per heavy atom. The molecule has 0 aliphatic rings. The van der Waals surface area contributed by atoms with E-state index in [1.54, 1.807) is 6.07 Å². The number of alkyl halides is 1. The molecule has 0 aliphatic carbocycles. The van der Waals surface area contributed by atoms with Crippen molar-refractivity contribution >= 4 is 0 Å². The van der Waals surface area contributed by atoms with Crippen LogP contribution in [-0.2, 0) is 0 Å². The Hall–Kier alpha value is -1.09. The van der Waals surface area contributed by atoms with Gasteiger partial charge in [-0.3, -0.25) is 0 Å². The lowest BCUT2D eigenvalue weighted by molar-refractivity contribution is 0.175. The summed E-state index contributed by atoms with van der Waals surface area (Å²) >= 11 is 0. The van der Waals surface area contributed by atoms with Crippen molar-refractivity contribution < 1.29 is 9.13 Å². The molecule has 1 aromatic carbocycles. The van der Waals surface area contributed by atoms with Gasteiger partial charge in [-0.05, 0) is 32.4 Å². The molecule has 2 nitrogen and oxygen atoms in total. The van der Waals surface area contributed by atoms with Crippen LogP contribution in [-0.4, -0.2) is 12.6 Å². The molecule has 0 amide bonds. The standard InChI is InChI=1S/C15H24FNO/c1-10(2)13(9-17)15(16)12-7-5-6-8-14(12)18-11(3)4/h5-8,10-11,13,15H,9,17H2,1-4H3. The first-order valence-electron chi connectivity index (χ1n) is 6.57. The van der Waals surface area contributed by atoms with Crippen LogP contribution in [0.2, 0.25) is 0 Å². The number of benzene rings is 1. The fraction of sp³-hybridized carbons (Fsp3) is 0.600. The Bertz CT molecular complexity index is 365. The molecular formula is C15H24FNO. The molecule has 0 bridgehead atoms. The molecule has 0 aromatic heterocycles. The van der Waals surface area contributed by atoms with Crippen molar-refractivity contribution in [2.45, 2.75) is 40.0 Å². The predicted octanol–water partition coefficient (Wildman–Crippen LogP) is 3.72. The molecule has 2 N–H and O–H groups in total. The van der Waals surface area contributed by atoms with Crippen molar-refractivity contribution in [3.8, 4) is 5.75 Å². The van der Waals surface area contributed by atoms with E-state index in [0.717, 1.165) is 0 Å². The average Bonchev–Trinajstić information content (AvgIpc) is 2.29. The summed E-state index contributed by atoms with van der Waals surface area (Å²) in [6.45, 7) is 8.21. The van der Waals surface area contributed by atoms with Crippen molar-refractivity contribution in [2.75, 3.05) is 6.54 Å². The van der Waals surface area contributed by atoms with Gasteiger partial charge in [-0.1, -0.05) is 32.0 Å². The maximum Gasteiger partial charge on any atom is 0.133 e. The fourth-order valence-electron chi connectivity index (χ4n) is 2.03. The number of rotatable bonds is 6. The summed E-state index contributed by atoms with van der Waals surface area (Å²) in [6.07, 6.45) is -1.04. The minimum absolute atomic E-state index is 0.0359. The van der Waals surface area contributed by atoms with Crippen molar-refractivity contribution in [3.05, 3.63) is 29.8 Å². The zero-order chi connectivity index (χ0) is 13.7. The van der Waals surface area contributed by atoms with Gasteiger partial charge in [-0.2, -0.15) is 0 Å². The number of ether oxygens (including phenoxy) is 1. The lowest BCUT2D eigenvalue weighted by Gasteiger charge is -2.25. The van der Waals surface area contributed by atoms with E-state index in [9.17, 15) is 4.39 Å². The zero-order valence-electron chi connectivity index (χ0n) is 11.7. The van der Waals surface area contributed by atoms with E-state index < -0.39 is 6.17 Å². The lowest BCUT2D eigenvalue weighted by atomic mass is 9.87. The summed E-state index contributed by atoms with van der Waals surface area (Å²) < 4.78 is 20.3. The molecular weight excluding hydrogens is 229 g/mol. The van der Waals surface area contributed by atoms with Crippen molar-refractivity contribution in [1.29, 1.82) is 0 Å². The van der Waals surface area contributed by atoms with E-state index >= 15 is 0 Å². The quantitative estimate of drug-likeness (QED) is 0.838. The number of para-hydroxylation sites is 1. The van der Waals surface area contributed by atoms with Gasteiger partial charge in [0.15, 0.2) is 0 Å². The maximum absolute atomic E-state index is 14.6. The van der Waals surface area contributed by atoms with Crippen LogP contribution in [0.1, 0.15) is 39.4 Å². The monoisotopic (exact) mass is 253 g/mol. The molecule has 0 aliphatic heterocycles. The number of nitrogens with two attached hydrogens (primary N) is 1. The Labute approximate surface area is 109 Å². The van der Waals surface area contributed by atoms with Gasteiger partial charge in [0.25, 0.3) is 0 Å². The molecule has 1 aromatic rings. The first kappa shape index (κ1) is 15.0. The van der Waals surface area contributed by atoms with Gasteiger partial charge in [-0.25, -0.2) is 4.39 Å². The molecule has 0 heterocycles. The van der Waals surface area contributed by atoms with E-state index in [0.29, 0.717) is 17.9 Å². The third kappa shape index (κ3) is 3.70. The summed E-state index contributed by atoms with van der Waals surface area (Å²) in [5.41, 5.74) is 6.29. The highest BCUT2D eigenvalue weighted by atomic mass is 19.1. The second-order valence-corrected chi connectivity index (χ2v) is 5.25. The SMILES string of the molecule is CC(C)Oc1ccccc1C(F)C(CN)C(C)C. The van der Waals surface area contributed by atoms with Gasteiger partial charge < -0.3 is 10.5 Å². The van der Waals surface area contributed by atoms with Gasteiger partial charge in [0.05, 0.1) is 6.10 Å². The molecule has 1 rings (SSSR count). The minimum atomic E-state index is -1.08. The van der Waals surface area contributed by atoms with Crippen LogP contribution < -0.4 is 10.5 Å². The Morgan fingerprint density at radius 3 is 2.28 bits per heavy atom. The molecule has 3 heteroatoms. The molecule has 0 radical (unpaired) electrons. The molecule has 0 spiro atoms. The number of hydrogen-bond donors (Lipinski definition) is 1. The van der Waals surface area contributed by atoms with E-state index in [4.69, 9.17) is 10.5 Å². The summed E-state index contributed by atoms with van der Waals surface area (Å²) in [5, 5.41) is 0. The first-order valence-corrected chi connectivity index (χ1v) is 6.57. The van der Waals surface area contributed by atoms with Crippen molar-refractivity contribution in [2.24, 2.45) is 17.6 Å². The maximum atomic E-state index is 14.6. The van der Waals surface area contributed by atoms with Crippen LogP contribution in [0.25, 0.3) is 0 Å². The van der Waals surface area contributed by atoms with E-state index in [-0.39, 0.29) is 17.9 Å². The van der Waals surface area contributed by atoms with Crippen molar-refractivity contribution in [1.82, 2.24) is 0 Å². The topological polar surface area (TPSA) is 35.2 Å². The van der Waals surface area contributed by atoms with Crippen LogP contribution in [0.4, 0.5) is 4.39 Å². The highest BCUT2D eigenvalue weighted by Crippen LogP contribution is 2.36. The Morgan fingerprint density at radius 1 is 1.17 bits per heavy atom. The minimum Gasteiger partial charge on any atom is -0.491 e. The molecule has 102 valence electrons. The van der Waals surface area contributed by atoms with Gasteiger partial charge in [0, 0.05) is 11.5 Å².